The van der Waals surface area contributed by atoms with Crippen molar-refractivity contribution in [2.75, 3.05) is 20.1 Å². The highest BCUT2D eigenvalue weighted by molar-refractivity contribution is 5.83. The number of aliphatic hydroxyl groups excluding tert-OH is 1. The minimum Gasteiger partial charge on any atom is -0.387 e. The first kappa shape index (κ1) is 15.0. The molecular formula is C16H24N2O2. The van der Waals surface area contributed by atoms with E-state index >= 15 is 0 Å². The zero-order chi connectivity index (χ0) is 14.7. The molecule has 0 saturated carbocycles. The maximum absolute atomic E-state index is 11.8. The highest BCUT2D eigenvalue weighted by Gasteiger charge is 2.28. The molecule has 0 aromatic heterocycles. The topological polar surface area (TPSA) is 52.6 Å². The number of carbonyl (C=O) groups is 1. The number of nitrogens with zero attached hydrogens (tertiary/aromatic N) is 1. The Morgan fingerprint density at radius 1 is 1.30 bits per heavy atom. The van der Waals surface area contributed by atoms with Crippen LogP contribution in [0.3, 0.4) is 0 Å². The SMILES string of the molecule is CC(C)c1ccc(C(O)CNC2CCN(C)C2=O)cc1. The van der Waals surface area contributed by atoms with Crippen LogP contribution in [0.1, 0.15) is 43.4 Å². The van der Waals surface area contributed by atoms with Gasteiger partial charge in [-0.2, -0.15) is 0 Å². The second-order valence-electron chi connectivity index (χ2n) is 5.85. The van der Waals surface area contributed by atoms with E-state index in [1.54, 1.807) is 4.90 Å². The van der Waals surface area contributed by atoms with E-state index in [2.05, 4.69) is 31.3 Å². The molecule has 1 saturated heterocycles. The van der Waals surface area contributed by atoms with Crippen molar-refractivity contribution < 1.29 is 9.90 Å². The maximum Gasteiger partial charge on any atom is 0.239 e. The van der Waals surface area contributed by atoms with Gasteiger partial charge in [-0.05, 0) is 23.5 Å². The third kappa shape index (κ3) is 3.38. The van der Waals surface area contributed by atoms with Crippen LogP contribution in [0.4, 0.5) is 0 Å². The Morgan fingerprint density at radius 3 is 2.40 bits per heavy atom. The summed E-state index contributed by atoms with van der Waals surface area (Å²) in [6.07, 6.45) is 0.240. The lowest BCUT2D eigenvalue weighted by Crippen LogP contribution is -2.38. The molecule has 2 rings (SSSR count). The summed E-state index contributed by atoms with van der Waals surface area (Å²) in [5.41, 5.74) is 2.15. The molecule has 1 aromatic carbocycles. The molecule has 0 radical (unpaired) electrons. The van der Waals surface area contributed by atoms with E-state index in [0.717, 1.165) is 18.5 Å². The molecule has 1 heterocycles. The smallest absolute Gasteiger partial charge is 0.239 e. The van der Waals surface area contributed by atoms with Crippen molar-refractivity contribution in [3.8, 4) is 0 Å². The van der Waals surface area contributed by atoms with Gasteiger partial charge in [0.1, 0.15) is 0 Å². The van der Waals surface area contributed by atoms with Crippen LogP contribution < -0.4 is 5.32 Å². The van der Waals surface area contributed by atoms with Crippen LogP contribution >= 0.6 is 0 Å². The lowest BCUT2D eigenvalue weighted by molar-refractivity contribution is -0.128. The lowest BCUT2D eigenvalue weighted by Gasteiger charge is -2.16. The highest BCUT2D eigenvalue weighted by atomic mass is 16.3. The van der Waals surface area contributed by atoms with Crippen molar-refractivity contribution in [2.24, 2.45) is 0 Å². The number of hydrogen-bond acceptors (Lipinski definition) is 3. The monoisotopic (exact) mass is 276 g/mol. The molecular weight excluding hydrogens is 252 g/mol. The fourth-order valence-electron chi connectivity index (χ4n) is 2.49. The molecule has 110 valence electrons. The second kappa shape index (κ2) is 6.37. The van der Waals surface area contributed by atoms with E-state index in [1.165, 1.54) is 5.56 Å². The van der Waals surface area contributed by atoms with Crippen LogP contribution in [-0.4, -0.2) is 42.1 Å². The van der Waals surface area contributed by atoms with Crippen LogP contribution in [0.2, 0.25) is 0 Å². The van der Waals surface area contributed by atoms with Crippen molar-refractivity contribution in [1.82, 2.24) is 10.2 Å². The molecule has 2 atom stereocenters. The summed E-state index contributed by atoms with van der Waals surface area (Å²) in [6.45, 7) is 5.49. The number of aliphatic hydroxyl groups is 1. The van der Waals surface area contributed by atoms with Crippen LogP contribution in [0.5, 0.6) is 0 Å². The summed E-state index contributed by atoms with van der Waals surface area (Å²) in [4.78, 5) is 13.5. The normalized spacial score (nSPS) is 20.8. The van der Waals surface area contributed by atoms with E-state index in [9.17, 15) is 9.90 Å². The number of likely N-dealkylation sites (tertiary alicyclic amines) is 1. The second-order valence-corrected chi connectivity index (χ2v) is 5.85. The summed E-state index contributed by atoms with van der Waals surface area (Å²) in [5, 5.41) is 13.3. The summed E-state index contributed by atoms with van der Waals surface area (Å²) in [7, 11) is 1.81. The first-order valence-electron chi connectivity index (χ1n) is 7.25. The summed E-state index contributed by atoms with van der Waals surface area (Å²) < 4.78 is 0. The molecule has 20 heavy (non-hydrogen) atoms. The van der Waals surface area contributed by atoms with Crippen molar-refractivity contribution in [3.05, 3.63) is 35.4 Å². The molecule has 1 fully saturated rings. The molecule has 2 N–H and O–H groups in total. The van der Waals surface area contributed by atoms with Gasteiger partial charge in [0.2, 0.25) is 5.91 Å². The van der Waals surface area contributed by atoms with E-state index in [-0.39, 0.29) is 11.9 Å². The Labute approximate surface area is 120 Å². The Bertz CT molecular complexity index is 456. The van der Waals surface area contributed by atoms with Crippen molar-refractivity contribution in [2.45, 2.75) is 38.3 Å². The third-order valence-electron chi connectivity index (χ3n) is 3.97. The van der Waals surface area contributed by atoms with Gasteiger partial charge in [-0.15, -0.1) is 0 Å². The molecule has 4 nitrogen and oxygen atoms in total. The van der Waals surface area contributed by atoms with Gasteiger partial charge in [-0.3, -0.25) is 4.79 Å². The standard InChI is InChI=1S/C16H24N2O2/c1-11(2)12-4-6-13(7-5-12)15(19)10-17-14-8-9-18(3)16(14)20/h4-7,11,14-15,17,19H,8-10H2,1-3H3. The Hall–Kier alpha value is -1.39. The first-order valence-corrected chi connectivity index (χ1v) is 7.25. The van der Waals surface area contributed by atoms with Crippen LogP contribution in [0, 0.1) is 0 Å². The predicted octanol–water partition coefficient (Wildman–Crippen LogP) is 1.66. The summed E-state index contributed by atoms with van der Waals surface area (Å²) >= 11 is 0. The van der Waals surface area contributed by atoms with E-state index in [1.807, 2.05) is 19.2 Å². The Morgan fingerprint density at radius 2 is 1.90 bits per heavy atom. The summed E-state index contributed by atoms with van der Waals surface area (Å²) in [6, 6.07) is 7.88. The van der Waals surface area contributed by atoms with Gasteiger partial charge in [0.05, 0.1) is 12.1 Å². The molecule has 1 aliphatic heterocycles. The van der Waals surface area contributed by atoms with Gasteiger partial charge in [0, 0.05) is 20.1 Å². The average Bonchev–Trinajstić information content (AvgIpc) is 2.76. The van der Waals surface area contributed by atoms with Gasteiger partial charge in [-0.25, -0.2) is 0 Å². The molecule has 1 amide bonds. The van der Waals surface area contributed by atoms with E-state index < -0.39 is 6.10 Å². The van der Waals surface area contributed by atoms with Crippen molar-refractivity contribution in [3.63, 3.8) is 0 Å². The predicted molar refractivity (Wildman–Crippen MR) is 79.5 cm³/mol. The van der Waals surface area contributed by atoms with Crippen molar-refractivity contribution >= 4 is 5.91 Å². The number of amides is 1. The van der Waals surface area contributed by atoms with Gasteiger partial charge in [-0.1, -0.05) is 38.1 Å². The minimum absolute atomic E-state index is 0.118. The molecule has 0 bridgehead atoms. The van der Waals surface area contributed by atoms with Crippen LogP contribution in [-0.2, 0) is 4.79 Å². The molecule has 0 aliphatic carbocycles. The van der Waals surface area contributed by atoms with E-state index in [4.69, 9.17) is 0 Å². The van der Waals surface area contributed by atoms with Gasteiger partial charge in [0.25, 0.3) is 0 Å². The molecule has 0 spiro atoms. The van der Waals surface area contributed by atoms with Crippen molar-refractivity contribution in [1.29, 1.82) is 0 Å². The maximum atomic E-state index is 11.8. The number of benzene rings is 1. The number of likely N-dealkylation sites (N-methyl/N-ethyl adjacent to an activating group) is 1. The molecule has 1 aromatic rings. The van der Waals surface area contributed by atoms with E-state index in [0.29, 0.717) is 12.5 Å². The fourth-order valence-corrected chi connectivity index (χ4v) is 2.49. The van der Waals surface area contributed by atoms with Gasteiger partial charge >= 0.3 is 0 Å². The quantitative estimate of drug-likeness (QED) is 0.860. The number of rotatable bonds is 5. The Kier molecular flexibility index (Phi) is 4.78. The summed E-state index contributed by atoms with van der Waals surface area (Å²) in [5.74, 6) is 0.610. The Balaban J connectivity index is 1.88. The zero-order valence-electron chi connectivity index (χ0n) is 12.5. The van der Waals surface area contributed by atoms with Gasteiger partial charge < -0.3 is 15.3 Å². The molecule has 4 heteroatoms. The fraction of sp³-hybridized carbons (Fsp3) is 0.562. The lowest BCUT2D eigenvalue weighted by atomic mass is 10.00. The number of carbonyl (C=O) groups excluding carboxylic acids is 1. The van der Waals surface area contributed by atoms with Crippen LogP contribution in [0.15, 0.2) is 24.3 Å². The number of nitrogens with one attached hydrogen (secondary N) is 1. The molecule has 1 aliphatic rings. The number of hydrogen-bond donors (Lipinski definition) is 2. The largest absolute Gasteiger partial charge is 0.387 e. The van der Waals surface area contributed by atoms with Crippen LogP contribution in [0.25, 0.3) is 0 Å². The highest BCUT2D eigenvalue weighted by Crippen LogP contribution is 2.19. The average molecular weight is 276 g/mol. The van der Waals surface area contributed by atoms with Gasteiger partial charge in [0.15, 0.2) is 0 Å². The first-order chi connectivity index (χ1) is 9.49. The minimum atomic E-state index is -0.574. The zero-order valence-corrected chi connectivity index (χ0v) is 12.5. The molecule has 2 unspecified atom stereocenters. The third-order valence-corrected chi connectivity index (χ3v) is 3.97.